The molecule has 0 aliphatic carbocycles. The van der Waals surface area contributed by atoms with E-state index in [2.05, 4.69) is 24.0 Å². The summed E-state index contributed by atoms with van der Waals surface area (Å²) < 4.78 is 10.2. The summed E-state index contributed by atoms with van der Waals surface area (Å²) in [6.07, 6.45) is 0.995. The lowest BCUT2D eigenvalue weighted by molar-refractivity contribution is 0.152. The second kappa shape index (κ2) is 6.57. The summed E-state index contributed by atoms with van der Waals surface area (Å²) in [7, 11) is 1.69. The molecular formula is C17H24N2O3. The van der Waals surface area contributed by atoms with Gasteiger partial charge in [0.1, 0.15) is 12.4 Å². The lowest BCUT2D eigenvalue weighted by Crippen LogP contribution is -2.37. The summed E-state index contributed by atoms with van der Waals surface area (Å²) in [6.45, 7) is 6.26. The van der Waals surface area contributed by atoms with Crippen molar-refractivity contribution in [3.63, 3.8) is 0 Å². The molecular weight excluding hydrogens is 280 g/mol. The van der Waals surface area contributed by atoms with E-state index >= 15 is 0 Å². The third kappa shape index (κ3) is 3.19. The number of amides is 1. The van der Waals surface area contributed by atoms with E-state index in [4.69, 9.17) is 9.47 Å². The number of cyclic esters (lactones) is 1. The van der Waals surface area contributed by atoms with Crippen LogP contribution < -0.4 is 4.74 Å². The van der Waals surface area contributed by atoms with Gasteiger partial charge in [0.25, 0.3) is 0 Å². The second-order valence-corrected chi connectivity index (χ2v) is 6.15. The minimum atomic E-state index is -0.168. The van der Waals surface area contributed by atoms with Crippen molar-refractivity contribution in [3.8, 4) is 5.75 Å². The van der Waals surface area contributed by atoms with E-state index in [1.54, 1.807) is 12.0 Å². The topological polar surface area (TPSA) is 42.0 Å². The number of carbonyl (C=O) groups is 1. The van der Waals surface area contributed by atoms with Crippen molar-refractivity contribution < 1.29 is 14.3 Å². The average molecular weight is 304 g/mol. The van der Waals surface area contributed by atoms with Gasteiger partial charge in [0.15, 0.2) is 0 Å². The summed E-state index contributed by atoms with van der Waals surface area (Å²) in [5.74, 6) is 1.46. The normalized spacial score (nSPS) is 25.5. The zero-order valence-electron chi connectivity index (χ0n) is 13.3. The fourth-order valence-electron chi connectivity index (χ4n) is 3.41. The molecule has 1 aromatic carbocycles. The molecule has 0 spiro atoms. The highest BCUT2D eigenvalue weighted by Crippen LogP contribution is 2.32. The van der Waals surface area contributed by atoms with Crippen molar-refractivity contribution in [3.05, 3.63) is 29.8 Å². The van der Waals surface area contributed by atoms with Crippen molar-refractivity contribution in [2.45, 2.75) is 25.3 Å². The molecule has 2 fully saturated rings. The van der Waals surface area contributed by atoms with Gasteiger partial charge in [-0.15, -0.1) is 0 Å². The van der Waals surface area contributed by atoms with Crippen LogP contribution in [0.3, 0.4) is 0 Å². The van der Waals surface area contributed by atoms with Gasteiger partial charge in [-0.3, -0.25) is 4.90 Å². The predicted molar refractivity (Wildman–Crippen MR) is 84.3 cm³/mol. The van der Waals surface area contributed by atoms with Crippen LogP contribution in [0.2, 0.25) is 0 Å². The third-order valence-electron chi connectivity index (χ3n) is 4.79. The highest BCUT2D eigenvalue weighted by atomic mass is 16.6. The number of hydrogen-bond donors (Lipinski definition) is 0. The van der Waals surface area contributed by atoms with Crippen molar-refractivity contribution in [2.24, 2.45) is 0 Å². The summed E-state index contributed by atoms with van der Waals surface area (Å²) >= 11 is 0. The van der Waals surface area contributed by atoms with E-state index in [9.17, 15) is 4.79 Å². The van der Waals surface area contributed by atoms with Crippen molar-refractivity contribution in [1.82, 2.24) is 9.80 Å². The minimum Gasteiger partial charge on any atom is -0.497 e. The van der Waals surface area contributed by atoms with Gasteiger partial charge in [0.05, 0.1) is 13.7 Å². The first kappa shape index (κ1) is 15.2. The lowest BCUT2D eigenvalue weighted by Gasteiger charge is -2.23. The number of benzene rings is 1. The minimum absolute atomic E-state index is 0.168. The number of likely N-dealkylation sites (tertiary alicyclic amines) is 1. The molecule has 1 amide bonds. The smallest absolute Gasteiger partial charge is 0.409 e. The van der Waals surface area contributed by atoms with Crippen LogP contribution in [-0.2, 0) is 4.74 Å². The van der Waals surface area contributed by atoms with Crippen molar-refractivity contribution in [2.75, 3.05) is 39.9 Å². The SMILES string of the molecule is COc1ccc([C@@H]2C[C@H](C)N(CCN3CCOC3=O)C2)cc1. The van der Waals surface area contributed by atoms with Gasteiger partial charge in [0, 0.05) is 25.7 Å². The predicted octanol–water partition coefficient (Wildman–Crippen LogP) is 2.33. The van der Waals surface area contributed by atoms with Crippen LogP contribution in [0.4, 0.5) is 4.79 Å². The van der Waals surface area contributed by atoms with E-state index in [0.717, 1.165) is 38.3 Å². The quantitative estimate of drug-likeness (QED) is 0.837. The highest BCUT2D eigenvalue weighted by molar-refractivity contribution is 5.69. The van der Waals surface area contributed by atoms with E-state index in [-0.39, 0.29) is 6.09 Å². The average Bonchev–Trinajstić information content (AvgIpc) is 3.11. The summed E-state index contributed by atoms with van der Waals surface area (Å²) in [5, 5.41) is 0. The first-order chi connectivity index (χ1) is 10.7. The van der Waals surface area contributed by atoms with Crippen LogP contribution in [0, 0.1) is 0 Å². The molecule has 0 aromatic heterocycles. The maximum atomic E-state index is 11.5. The Morgan fingerprint density at radius 3 is 2.68 bits per heavy atom. The fraction of sp³-hybridized carbons (Fsp3) is 0.588. The van der Waals surface area contributed by atoms with Gasteiger partial charge in [-0.05, 0) is 37.0 Å². The number of hydrogen-bond acceptors (Lipinski definition) is 4. The molecule has 0 bridgehead atoms. The Balaban J connectivity index is 1.55. The highest BCUT2D eigenvalue weighted by Gasteiger charge is 2.31. The van der Waals surface area contributed by atoms with E-state index in [1.165, 1.54) is 5.56 Å². The molecule has 0 saturated carbocycles. The molecule has 2 saturated heterocycles. The monoisotopic (exact) mass is 304 g/mol. The number of nitrogens with zero attached hydrogens (tertiary/aromatic N) is 2. The maximum Gasteiger partial charge on any atom is 0.409 e. The van der Waals surface area contributed by atoms with Gasteiger partial charge >= 0.3 is 6.09 Å². The molecule has 2 aliphatic rings. The van der Waals surface area contributed by atoms with Crippen molar-refractivity contribution >= 4 is 6.09 Å². The molecule has 5 heteroatoms. The Labute approximate surface area is 131 Å². The molecule has 0 radical (unpaired) electrons. The Morgan fingerprint density at radius 2 is 2.05 bits per heavy atom. The maximum absolute atomic E-state index is 11.5. The molecule has 3 rings (SSSR count). The van der Waals surface area contributed by atoms with Crippen molar-refractivity contribution in [1.29, 1.82) is 0 Å². The zero-order valence-corrected chi connectivity index (χ0v) is 13.3. The summed E-state index contributed by atoms with van der Waals surface area (Å²) in [6, 6.07) is 8.94. The van der Waals surface area contributed by atoms with Crippen LogP contribution in [-0.4, -0.2) is 61.8 Å². The Kier molecular flexibility index (Phi) is 4.52. The molecule has 1 aromatic rings. The number of methoxy groups -OCH3 is 1. The largest absolute Gasteiger partial charge is 0.497 e. The second-order valence-electron chi connectivity index (χ2n) is 6.15. The van der Waals surface area contributed by atoms with Gasteiger partial charge in [-0.1, -0.05) is 12.1 Å². The number of rotatable bonds is 5. The first-order valence-corrected chi connectivity index (χ1v) is 7.97. The summed E-state index contributed by atoms with van der Waals surface area (Å²) in [4.78, 5) is 15.8. The molecule has 2 atom stereocenters. The van der Waals surface area contributed by atoms with Crippen LogP contribution in [0.1, 0.15) is 24.8 Å². The number of ether oxygens (including phenoxy) is 2. The molecule has 120 valence electrons. The van der Waals surface area contributed by atoms with Crippen LogP contribution in [0.25, 0.3) is 0 Å². The van der Waals surface area contributed by atoms with Gasteiger partial charge in [-0.2, -0.15) is 0 Å². The Hall–Kier alpha value is -1.75. The number of carbonyl (C=O) groups excluding carboxylic acids is 1. The Bertz CT molecular complexity index is 517. The van der Waals surface area contributed by atoms with Crippen LogP contribution >= 0.6 is 0 Å². The molecule has 5 nitrogen and oxygen atoms in total. The lowest BCUT2D eigenvalue weighted by atomic mass is 9.97. The van der Waals surface area contributed by atoms with E-state index < -0.39 is 0 Å². The van der Waals surface area contributed by atoms with Crippen LogP contribution in [0.15, 0.2) is 24.3 Å². The first-order valence-electron chi connectivity index (χ1n) is 7.97. The third-order valence-corrected chi connectivity index (χ3v) is 4.79. The van der Waals surface area contributed by atoms with Crippen LogP contribution in [0.5, 0.6) is 5.75 Å². The van der Waals surface area contributed by atoms with Gasteiger partial charge in [0.2, 0.25) is 0 Å². The van der Waals surface area contributed by atoms with E-state index in [0.29, 0.717) is 18.6 Å². The zero-order chi connectivity index (χ0) is 15.5. The standard InChI is InChI=1S/C17H24N2O3/c1-13-11-15(14-3-5-16(21-2)6-4-14)12-19(13)8-7-18-9-10-22-17(18)20/h3-6,13,15H,7-12H2,1-2H3/t13-,15+/m0/s1. The fourth-order valence-corrected chi connectivity index (χ4v) is 3.41. The summed E-state index contributed by atoms with van der Waals surface area (Å²) in [5.41, 5.74) is 1.37. The molecule has 0 unspecified atom stereocenters. The van der Waals surface area contributed by atoms with Gasteiger partial charge < -0.3 is 14.4 Å². The van der Waals surface area contributed by atoms with Gasteiger partial charge in [-0.25, -0.2) is 4.79 Å². The molecule has 22 heavy (non-hydrogen) atoms. The molecule has 2 heterocycles. The van der Waals surface area contributed by atoms with E-state index in [1.807, 2.05) is 12.1 Å². The molecule has 2 aliphatic heterocycles. The Morgan fingerprint density at radius 1 is 1.27 bits per heavy atom. The molecule has 0 N–H and O–H groups in total.